The third-order valence-electron chi connectivity index (χ3n) is 3.11. The molecule has 0 saturated heterocycles. The maximum absolute atomic E-state index is 12.0. The van der Waals surface area contributed by atoms with Gasteiger partial charge in [0.15, 0.2) is 5.82 Å². The van der Waals surface area contributed by atoms with Crippen molar-refractivity contribution in [2.24, 2.45) is 0 Å². The maximum Gasteiger partial charge on any atom is 0.287 e. The zero-order valence-corrected chi connectivity index (χ0v) is 12.4. The van der Waals surface area contributed by atoms with Crippen molar-refractivity contribution in [2.45, 2.75) is 6.54 Å². The Morgan fingerprint density at radius 3 is 2.70 bits per heavy atom. The SMILES string of the molecule is O=c1c(Cl)cc([N+](=O)[O-])cn1Cc1ncn(-c2ccccc2)n1. The highest BCUT2D eigenvalue weighted by molar-refractivity contribution is 6.30. The Bertz CT molecular complexity index is 920. The lowest BCUT2D eigenvalue weighted by atomic mass is 10.3. The Hall–Kier alpha value is -3.00. The summed E-state index contributed by atoms with van der Waals surface area (Å²) >= 11 is 5.75. The van der Waals surface area contributed by atoms with Crippen molar-refractivity contribution in [3.8, 4) is 5.69 Å². The molecule has 2 heterocycles. The van der Waals surface area contributed by atoms with Gasteiger partial charge in [-0.15, -0.1) is 5.10 Å². The molecule has 0 N–H and O–H groups in total. The number of para-hydroxylation sites is 1. The number of nitrogens with zero attached hydrogens (tertiary/aromatic N) is 5. The van der Waals surface area contributed by atoms with E-state index in [1.165, 1.54) is 6.33 Å². The predicted molar refractivity (Wildman–Crippen MR) is 82.8 cm³/mol. The maximum atomic E-state index is 12.0. The van der Waals surface area contributed by atoms with Crippen LogP contribution in [0.15, 0.2) is 53.7 Å². The Kier molecular flexibility index (Phi) is 3.90. The predicted octanol–water partition coefficient (Wildman–Crippen LogP) is 2.04. The lowest BCUT2D eigenvalue weighted by molar-refractivity contribution is -0.385. The topological polar surface area (TPSA) is 95.8 Å². The molecule has 3 rings (SSSR count). The lowest BCUT2D eigenvalue weighted by Crippen LogP contribution is -2.21. The molecule has 116 valence electrons. The molecule has 0 radical (unpaired) electrons. The van der Waals surface area contributed by atoms with Crippen molar-refractivity contribution in [3.63, 3.8) is 0 Å². The van der Waals surface area contributed by atoms with Crippen LogP contribution in [0.3, 0.4) is 0 Å². The molecule has 0 fully saturated rings. The van der Waals surface area contributed by atoms with E-state index in [1.54, 1.807) is 4.68 Å². The van der Waals surface area contributed by atoms with Crippen molar-refractivity contribution >= 4 is 17.3 Å². The van der Waals surface area contributed by atoms with E-state index in [0.29, 0.717) is 5.82 Å². The number of rotatable bonds is 4. The van der Waals surface area contributed by atoms with Crippen LogP contribution in [-0.2, 0) is 6.54 Å². The first-order valence-electron chi connectivity index (χ1n) is 6.55. The van der Waals surface area contributed by atoms with Gasteiger partial charge in [-0.2, -0.15) is 0 Å². The van der Waals surface area contributed by atoms with Crippen LogP contribution < -0.4 is 5.56 Å². The molecular formula is C14H10ClN5O3. The first-order valence-corrected chi connectivity index (χ1v) is 6.93. The van der Waals surface area contributed by atoms with E-state index in [4.69, 9.17) is 11.6 Å². The van der Waals surface area contributed by atoms with Gasteiger partial charge in [-0.25, -0.2) is 9.67 Å². The van der Waals surface area contributed by atoms with Crippen molar-refractivity contribution in [1.82, 2.24) is 19.3 Å². The third-order valence-corrected chi connectivity index (χ3v) is 3.38. The van der Waals surface area contributed by atoms with E-state index in [9.17, 15) is 14.9 Å². The van der Waals surface area contributed by atoms with E-state index in [2.05, 4.69) is 10.1 Å². The van der Waals surface area contributed by atoms with E-state index in [0.717, 1.165) is 22.5 Å². The summed E-state index contributed by atoms with van der Waals surface area (Å²) in [5.41, 5.74) is 0.0149. The molecule has 3 aromatic rings. The molecule has 0 bridgehead atoms. The van der Waals surface area contributed by atoms with Gasteiger partial charge in [0.1, 0.15) is 11.3 Å². The molecule has 0 atom stereocenters. The van der Waals surface area contributed by atoms with Gasteiger partial charge in [-0.3, -0.25) is 19.5 Å². The van der Waals surface area contributed by atoms with Crippen LogP contribution in [0.5, 0.6) is 0 Å². The number of nitro groups is 1. The monoisotopic (exact) mass is 331 g/mol. The minimum Gasteiger partial charge on any atom is -0.300 e. The van der Waals surface area contributed by atoms with Gasteiger partial charge in [0.25, 0.3) is 11.2 Å². The van der Waals surface area contributed by atoms with Gasteiger partial charge < -0.3 is 0 Å². The van der Waals surface area contributed by atoms with Crippen LogP contribution in [0.4, 0.5) is 5.69 Å². The zero-order valence-electron chi connectivity index (χ0n) is 11.7. The van der Waals surface area contributed by atoms with Gasteiger partial charge in [-0.05, 0) is 12.1 Å². The van der Waals surface area contributed by atoms with Crippen molar-refractivity contribution in [2.75, 3.05) is 0 Å². The summed E-state index contributed by atoms with van der Waals surface area (Å²) in [6.07, 6.45) is 2.63. The first kappa shape index (κ1) is 14.9. The summed E-state index contributed by atoms with van der Waals surface area (Å²) in [4.78, 5) is 26.3. The van der Waals surface area contributed by atoms with Crippen LogP contribution in [0.2, 0.25) is 5.02 Å². The van der Waals surface area contributed by atoms with Crippen molar-refractivity contribution < 1.29 is 4.92 Å². The summed E-state index contributed by atoms with van der Waals surface area (Å²) in [6.45, 7) is -0.0138. The van der Waals surface area contributed by atoms with Gasteiger partial charge in [-0.1, -0.05) is 29.8 Å². The van der Waals surface area contributed by atoms with E-state index >= 15 is 0 Å². The molecule has 2 aromatic heterocycles. The lowest BCUT2D eigenvalue weighted by Gasteiger charge is -2.03. The highest BCUT2D eigenvalue weighted by Crippen LogP contribution is 2.14. The smallest absolute Gasteiger partial charge is 0.287 e. The summed E-state index contributed by atoms with van der Waals surface area (Å²) in [5.74, 6) is 0.340. The number of pyridine rings is 1. The summed E-state index contributed by atoms with van der Waals surface area (Å²) in [7, 11) is 0. The molecule has 0 saturated carbocycles. The average Bonchev–Trinajstić information content (AvgIpc) is 3.01. The molecule has 0 aliphatic carbocycles. The largest absolute Gasteiger partial charge is 0.300 e. The Labute approximate surface area is 134 Å². The summed E-state index contributed by atoms with van der Waals surface area (Å²) < 4.78 is 2.67. The minimum absolute atomic E-state index is 0.0138. The highest BCUT2D eigenvalue weighted by Gasteiger charge is 2.14. The zero-order chi connectivity index (χ0) is 16.4. The van der Waals surface area contributed by atoms with Crippen LogP contribution in [0.25, 0.3) is 5.69 Å². The van der Waals surface area contributed by atoms with Crippen molar-refractivity contribution in [1.29, 1.82) is 0 Å². The fourth-order valence-corrected chi connectivity index (χ4v) is 2.25. The van der Waals surface area contributed by atoms with Crippen LogP contribution in [0.1, 0.15) is 5.82 Å². The Morgan fingerprint density at radius 1 is 1.26 bits per heavy atom. The number of halogens is 1. The molecule has 1 aromatic carbocycles. The second-order valence-electron chi connectivity index (χ2n) is 4.68. The average molecular weight is 332 g/mol. The molecule has 8 nitrogen and oxygen atoms in total. The first-order chi connectivity index (χ1) is 11.0. The van der Waals surface area contributed by atoms with Crippen LogP contribution in [-0.4, -0.2) is 24.3 Å². The van der Waals surface area contributed by atoms with Crippen LogP contribution >= 0.6 is 11.6 Å². The summed E-state index contributed by atoms with van der Waals surface area (Å²) in [5, 5.41) is 14.9. The fourth-order valence-electron chi connectivity index (χ4n) is 2.03. The molecule has 0 aliphatic rings. The molecule has 9 heteroatoms. The fraction of sp³-hybridized carbons (Fsp3) is 0.0714. The number of hydrogen-bond acceptors (Lipinski definition) is 5. The Balaban J connectivity index is 1.93. The highest BCUT2D eigenvalue weighted by atomic mass is 35.5. The minimum atomic E-state index is -0.613. The van der Waals surface area contributed by atoms with Gasteiger partial charge in [0, 0.05) is 6.07 Å². The van der Waals surface area contributed by atoms with Gasteiger partial charge in [0.2, 0.25) is 0 Å². The number of hydrogen-bond donors (Lipinski definition) is 0. The second-order valence-corrected chi connectivity index (χ2v) is 5.08. The van der Waals surface area contributed by atoms with Crippen LogP contribution in [0, 0.1) is 10.1 Å². The normalized spacial score (nSPS) is 10.7. The molecular weight excluding hydrogens is 322 g/mol. The third kappa shape index (κ3) is 3.11. The molecule has 0 unspecified atom stereocenters. The van der Waals surface area contributed by atoms with E-state index in [-0.39, 0.29) is 17.3 Å². The number of benzene rings is 1. The van der Waals surface area contributed by atoms with E-state index < -0.39 is 10.5 Å². The quantitative estimate of drug-likeness (QED) is 0.538. The standard InChI is InChI=1S/C14H10ClN5O3/c15-12-6-11(20(22)23)7-18(14(12)21)8-13-16-9-19(17-13)10-4-2-1-3-5-10/h1-7,9H,8H2. The summed E-state index contributed by atoms with van der Waals surface area (Å²) in [6, 6.07) is 10.3. The molecule has 0 amide bonds. The Morgan fingerprint density at radius 2 is 2.00 bits per heavy atom. The second kappa shape index (κ2) is 6.01. The van der Waals surface area contributed by atoms with Gasteiger partial charge >= 0.3 is 0 Å². The van der Waals surface area contributed by atoms with E-state index in [1.807, 2.05) is 30.3 Å². The van der Waals surface area contributed by atoms with Crippen molar-refractivity contribution in [3.05, 3.63) is 80.2 Å². The number of aromatic nitrogens is 4. The molecule has 23 heavy (non-hydrogen) atoms. The molecule has 0 aliphatic heterocycles. The van der Waals surface area contributed by atoms with Gasteiger partial charge in [0.05, 0.1) is 23.4 Å². The molecule has 0 spiro atoms.